The predicted molar refractivity (Wildman–Crippen MR) is 133 cm³/mol. The molecule has 2 unspecified atom stereocenters. The Bertz CT molecular complexity index is 1090. The van der Waals surface area contributed by atoms with Gasteiger partial charge in [0.25, 0.3) is 5.91 Å². The zero-order valence-electron chi connectivity index (χ0n) is 20.4. The van der Waals surface area contributed by atoms with Gasteiger partial charge in [-0.1, -0.05) is 18.2 Å². The highest BCUT2D eigenvalue weighted by Gasteiger charge is 2.41. The summed E-state index contributed by atoms with van der Waals surface area (Å²) >= 11 is 0. The minimum Gasteiger partial charge on any atom is -0.368 e. The molecule has 1 aromatic carbocycles. The summed E-state index contributed by atoms with van der Waals surface area (Å²) < 4.78 is 1.96. The molecule has 4 aliphatic rings. The molecule has 3 fully saturated rings. The van der Waals surface area contributed by atoms with E-state index in [0.29, 0.717) is 43.8 Å². The van der Waals surface area contributed by atoms with Crippen molar-refractivity contribution in [1.29, 1.82) is 0 Å². The highest BCUT2D eigenvalue weighted by atomic mass is 16.2. The molecular formula is C26H35N7O2. The van der Waals surface area contributed by atoms with Crippen LogP contribution >= 0.6 is 0 Å². The lowest BCUT2D eigenvalue weighted by atomic mass is 10.0. The lowest BCUT2D eigenvalue weighted by molar-refractivity contribution is -0.134. The third-order valence-corrected chi connectivity index (χ3v) is 8.06. The van der Waals surface area contributed by atoms with Crippen LogP contribution in [0.15, 0.2) is 30.3 Å². The van der Waals surface area contributed by atoms with E-state index >= 15 is 0 Å². The average Bonchev–Trinajstić information content (AvgIpc) is 3.53. The van der Waals surface area contributed by atoms with E-state index in [1.807, 2.05) is 32.7 Å². The van der Waals surface area contributed by atoms with E-state index in [2.05, 4.69) is 34.8 Å². The second kappa shape index (κ2) is 9.28. The molecule has 9 nitrogen and oxygen atoms in total. The fourth-order valence-electron chi connectivity index (χ4n) is 5.84. The Hall–Kier alpha value is -2.91. The van der Waals surface area contributed by atoms with Gasteiger partial charge in [-0.15, -0.1) is 0 Å². The molecule has 35 heavy (non-hydrogen) atoms. The van der Waals surface area contributed by atoms with E-state index in [1.165, 1.54) is 18.5 Å². The summed E-state index contributed by atoms with van der Waals surface area (Å²) in [5.41, 5.74) is 10.3. The van der Waals surface area contributed by atoms with E-state index < -0.39 is 0 Å². The first-order valence-electron chi connectivity index (χ1n) is 13.1. The highest BCUT2D eigenvalue weighted by Crippen LogP contribution is 2.36. The van der Waals surface area contributed by atoms with Crippen molar-refractivity contribution in [3.63, 3.8) is 0 Å². The topological polar surface area (TPSA) is 85.7 Å². The number of anilines is 1. The van der Waals surface area contributed by atoms with Gasteiger partial charge in [0.05, 0.1) is 0 Å². The predicted octanol–water partition coefficient (Wildman–Crippen LogP) is 1.40. The summed E-state index contributed by atoms with van der Waals surface area (Å²) in [6, 6.07) is 10.6. The molecule has 1 aliphatic carbocycles. The van der Waals surface area contributed by atoms with Gasteiger partial charge in [0, 0.05) is 75.2 Å². The molecule has 1 saturated carbocycles. The Morgan fingerprint density at radius 3 is 2.49 bits per heavy atom. The summed E-state index contributed by atoms with van der Waals surface area (Å²) in [7, 11) is 0. The Balaban J connectivity index is 1.15. The second-order valence-corrected chi connectivity index (χ2v) is 10.2. The van der Waals surface area contributed by atoms with Crippen molar-refractivity contribution in [2.24, 2.45) is 5.92 Å². The smallest absolute Gasteiger partial charge is 0.274 e. The number of benzene rings is 1. The van der Waals surface area contributed by atoms with Crippen molar-refractivity contribution in [1.82, 2.24) is 30.4 Å². The molecule has 0 bridgehead atoms. The molecule has 2 aromatic rings. The minimum atomic E-state index is -0.186. The van der Waals surface area contributed by atoms with Gasteiger partial charge in [-0.2, -0.15) is 5.10 Å². The molecule has 2 amide bonds. The van der Waals surface area contributed by atoms with Crippen molar-refractivity contribution in [3.8, 4) is 0 Å². The van der Waals surface area contributed by atoms with Crippen molar-refractivity contribution in [3.05, 3.63) is 47.3 Å². The number of fused-ring (bicyclic) bond motifs is 1. The zero-order chi connectivity index (χ0) is 23.9. The van der Waals surface area contributed by atoms with Crippen LogP contribution in [-0.2, 0) is 24.3 Å². The molecule has 2 atom stereocenters. The summed E-state index contributed by atoms with van der Waals surface area (Å²) in [6.07, 6.45) is 4.10. The number of hydrogen-bond acceptors (Lipinski definition) is 6. The van der Waals surface area contributed by atoms with Crippen LogP contribution in [0, 0.1) is 5.92 Å². The molecule has 2 saturated heterocycles. The average molecular weight is 478 g/mol. The maximum Gasteiger partial charge on any atom is 0.274 e. The first kappa shape index (κ1) is 22.5. The van der Waals surface area contributed by atoms with Gasteiger partial charge in [-0.25, -0.2) is 5.43 Å². The van der Waals surface area contributed by atoms with E-state index in [1.54, 1.807) is 0 Å². The Labute approximate surface area is 206 Å². The first-order valence-corrected chi connectivity index (χ1v) is 13.1. The van der Waals surface area contributed by atoms with Crippen LogP contribution < -0.4 is 15.8 Å². The lowest BCUT2D eigenvalue weighted by Crippen LogP contribution is -2.49. The maximum absolute atomic E-state index is 13.6. The van der Waals surface area contributed by atoms with Crippen LogP contribution in [0.4, 0.5) is 5.69 Å². The molecular weight excluding hydrogens is 442 g/mol. The van der Waals surface area contributed by atoms with Crippen molar-refractivity contribution in [2.75, 3.05) is 37.6 Å². The number of rotatable bonds is 5. The van der Waals surface area contributed by atoms with E-state index in [-0.39, 0.29) is 17.9 Å². The largest absolute Gasteiger partial charge is 0.368 e. The fourth-order valence-corrected chi connectivity index (χ4v) is 5.84. The van der Waals surface area contributed by atoms with Crippen molar-refractivity contribution in [2.45, 2.75) is 57.8 Å². The van der Waals surface area contributed by atoms with Crippen LogP contribution in [-0.4, -0.2) is 76.2 Å². The molecule has 4 heterocycles. The van der Waals surface area contributed by atoms with Crippen molar-refractivity contribution >= 4 is 17.5 Å². The number of piperazine rings is 1. The molecule has 0 spiro atoms. The van der Waals surface area contributed by atoms with Gasteiger partial charge < -0.3 is 14.7 Å². The van der Waals surface area contributed by atoms with Crippen LogP contribution in [0.1, 0.15) is 47.9 Å². The SMILES string of the molecule is CCn1nc(C(=O)N2CCN(c3ccccc3)CC2)c2c1CCN(C(=O)C1CC(C3CC3)NN1)C2. The Morgan fingerprint density at radius 2 is 1.77 bits per heavy atom. The Kier molecular flexibility index (Phi) is 5.98. The number of hydrazine groups is 1. The fraction of sp³-hybridized carbons (Fsp3) is 0.577. The van der Waals surface area contributed by atoms with Gasteiger partial charge in [-0.3, -0.25) is 19.7 Å². The molecule has 1 aromatic heterocycles. The summed E-state index contributed by atoms with van der Waals surface area (Å²) in [5, 5.41) is 4.74. The number of carbonyl (C=O) groups excluding carboxylic acids is 2. The quantitative estimate of drug-likeness (QED) is 0.677. The van der Waals surface area contributed by atoms with Crippen LogP contribution in [0.2, 0.25) is 0 Å². The van der Waals surface area contributed by atoms with Crippen LogP contribution in [0.5, 0.6) is 0 Å². The number of nitrogens with zero attached hydrogens (tertiary/aromatic N) is 5. The van der Waals surface area contributed by atoms with Gasteiger partial charge >= 0.3 is 0 Å². The number of nitrogens with one attached hydrogen (secondary N) is 2. The summed E-state index contributed by atoms with van der Waals surface area (Å²) in [6.45, 7) is 6.87. The minimum absolute atomic E-state index is 0.00934. The van der Waals surface area contributed by atoms with E-state index in [9.17, 15) is 9.59 Å². The highest BCUT2D eigenvalue weighted by molar-refractivity contribution is 5.94. The van der Waals surface area contributed by atoms with Crippen molar-refractivity contribution < 1.29 is 9.59 Å². The standard InChI is InChI=1S/C26H35N7O2/c1-2-33-23-10-11-32(25(34)22-16-21(27-28-22)18-8-9-18)17-20(23)24(29-33)26(35)31-14-12-30(13-15-31)19-6-4-3-5-7-19/h3-7,18,21-22,27-28H,2,8-17H2,1H3. The van der Waals surface area contributed by atoms with Crippen LogP contribution in [0.3, 0.4) is 0 Å². The van der Waals surface area contributed by atoms with Crippen LogP contribution in [0.25, 0.3) is 0 Å². The number of amides is 2. The molecule has 2 N–H and O–H groups in total. The van der Waals surface area contributed by atoms with E-state index in [4.69, 9.17) is 5.10 Å². The number of hydrogen-bond donors (Lipinski definition) is 2. The molecule has 9 heteroatoms. The number of aryl methyl sites for hydroxylation is 1. The molecule has 3 aliphatic heterocycles. The van der Waals surface area contributed by atoms with E-state index in [0.717, 1.165) is 43.7 Å². The molecule has 0 radical (unpaired) electrons. The normalized spacial score (nSPS) is 24.5. The van der Waals surface area contributed by atoms with Gasteiger partial charge in [-0.05, 0) is 44.2 Å². The third kappa shape index (κ3) is 4.31. The van der Waals surface area contributed by atoms with Gasteiger partial charge in [0.2, 0.25) is 5.91 Å². The maximum atomic E-state index is 13.6. The Morgan fingerprint density at radius 1 is 1.00 bits per heavy atom. The second-order valence-electron chi connectivity index (χ2n) is 10.2. The number of carbonyl (C=O) groups is 2. The van der Waals surface area contributed by atoms with Gasteiger partial charge in [0.15, 0.2) is 5.69 Å². The lowest BCUT2D eigenvalue weighted by Gasteiger charge is -2.36. The first-order chi connectivity index (χ1) is 17.1. The summed E-state index contributed by atoms with van der Waals surface area (Å²) in [5.74, 6) is 0.831. The number of para-hydroxylation sites is 1. The third-order valence-electron chi connectivity index (χ3n) is 8.06. The van der Waals surface area contributed by atoms with Gasteiger partial charge in [0.1, 0.15) is 6.04 Å². The molecule has 6 rings (SSSR count). The monoisotopic (exact) mass is 477 g/mol. The summed E-state index contributed by atoms with van der Waals surface area (Å²) in [4.78, 5) is 33.1. The number of aromatic nitrogens is 2. The molecule has 186 valence electrons. The zero-order valence-corrected chi connectivity index (χ0v) is 20.4.